The molecule has 1 heterocycles. The van der Waals surface area contributed by atoms with E-state index in [1.54, 1.807) is 5.94 Å². The van der Waals surface area contributed by atoms with E-state index in [1.807, 2.05) is 37.1 Å². The van der Waals surface area contributed by atoms with Gasteiger partial charge in [0.25, 0.3) is 0 Å². The number of carbonyl (C=O) groups excluding carboxylic acids is 1. The van der Waals surface area contributed by atoms with Crippen molar-refractivity contribution in [1.29, 1.82) is 0 Å². The van der Waals surface area contributed by atoms with Crippen LogP contribution in [0.15, 0.2) is 24.0 Å². The van der Waals surface area contributed by atoms with Crippen LogP contribution in [-0.2, 0) is 4.79 Å². The first-order valence-corrected chi connectivity index (χ1v) is 4.45. The number of benzene rings is 1. The Hall–Kier alpha value is -1.73. The summed E-state index contributed by atoms with van der Waals surface area (Å²) in [5.41, 5.74) is 2.05. The summed E-state index contributed by atoms with van der Waals surface area (Å²) < 4.78 is 5.43. The molecule has 1 aromatic rings. The average Bonchev–Trinajstić information content (AvgIpc) is 2.19. The highest BCUT2D eigenvalue weighted by Gasteiger charge is 2.20. The molecule has 1 aliphatic rings. The van der Waals surface area contributed by atoms with Gasteiger partial charge in [-0.25, -0.2) is 4.79 Å². The number of hydrogen-bond acceptors (Lipinski definition) is 3. The summed E-state index contributed by atoms with van der Waals surface area (Å²) in [7, 11) is 1.93. The third-order valence-corrected chi connectivity index (χ3v) is 2.32. The van der Waals surface area contributed by atoms with Gasteiger partial charge in [-0.1, -0.05) is 12.1 Å². The molecule has 2 rings (SSSR count). The van der Waals surface area contributed by atoms with E-state index in [4.69, 9.17) is 4.74 Å². The Morgan fingerprint density at radius 2 is 2.29 bits per heavy atom. The van der Waals surface area contributed by atoms with Crippen LogP contribution in [0.4, 0.5) is 5.69 Å². The molecule has 0 unspecified atom stereocenters. The van der Waals surface area contributed by atoms with Crippen LogP contribution in [0.5, 0.6) is 5.75 Å². The largest absolute Gasteiger partial charge is 0.446 e. The summed E-state index contributed by atoms with van der Waals surface area (Å²) in [6.07, 6.45) is 0. The maximum atomic E-state index is 10.5. The summed E-state index contributed by atoms with van der Waals surface area (Å²) >= 11 is 0. The molecule has 1 aromatic carbocycles. The van der Waals surface area contributed by atoms with Gasteiger partial charge in [-0.2, -0.15) is 0 Å². The molecular weight excluding hydrogens is 178 g/mol. The van der Waals surface area contributed by atoms with E-state index >= 15 is 0 Å². The molecule has 0 aromatic heterocycles. The summed E-state index contributed by atoms with van der Waals surface area (Å²) in [4.78, 5) is 12.5. The minimum absolute atomic E-state index is 0.342. The fourth-order valence-electron chi connectivity index (χ4n) is 1.58. The molecule has 0 bridgehead atoms. The molecule has 0 atom stereocenters. The molecule has 0 radical (unpaired) electrons. The second-order valence-corrected chi connectivity index (χ2v) is 3.41. The van der Waals surface area contributed by atoms with Crippen molar-refractivity contribution < 1.29 is 9.53 Å². The van der Waals surface area contributed by atoms with E-state index in [1.165, 1.54) is 0 Å². The van der Waals surface area contributed by atoms with Crippen molar-refractivity contribution in [2.75, 3.05) is 18.5 Å². The summed E-state index contributed by atoms with van der Waals surface area (Å²) in [5, 5.41) is 0. The van der Waals surface area contributed by atoms with E-state index in [2.05, 4.69) is 0 Å². The van der Waals surface area contributed by atoms with Crippen molar-refractivity contribution in [3.63, 3.8) is 0 Å². The molecular formula is C11H11NO2. The fourth-order valence-corrected chi connectivity index (χ4v) is 1.58. The highest BCUT2D eigenvalue weighted by molar-refractivity contribution is 5.67. The number of para-hydroxylation sites is 1. The van der Waals surface area contributed by atoms with Gasteiger partial charge in [0.15, 0.2) is 11.7 Å². The zero-order valence-corrected chi connectivity index (χ0v) is 8.20. The highest BCUT2D eigenvalue weighted by atomic mass is 16.5. The van der Waals surface area contributed by atoms with Gasteiger partial charge in [-0.05, 0) is 18.6 Å². The molecule has 0 aliphatic carbocycles. The number of nitrogens with zero attached hydrogens (tertiary/aromatic N) is 1. The number of aryl methyl sites for hydroxylation is 1. The van der Waals surface area contributed by atoms with Crippen molar-refractivity contribution in [2.45, 2.75) is 6.92 Å². The van der Waals surface area contributed by atoms with Gasteiger partial charge in [-0.3, -0.25) is 0 Å². The predicted octanol–water partition coefficient (Wildman–Crippen LogP) is 1.54. The van der Waals surface area contributed by atoms with Crippen LogP contribution in [0, 0.1) is 6.92 Å². The topological polar surface area (TPSA) is 29.5 Å². The van der Waals surface area contributed by atoms with E-state index in [9.17, 15) is 4.79 Å². The molecule has 0 N–H and O–H groups in total. The zero-order chi connectivity index (χ0) is 10.1. The molecule has 3 nitrogen and oxygen atoms in total. The molecule has 0 saturated carbocycles. The van der Waals surface area contributed by atoms with Crippen LogP contribution in [-0.4, -0.2) is 19.5 Å². The standard InChI is InChI=1S/C11H11NO2/c1-8-4-3-5-10-11(8)14-9(7-13)6-12(10)2/h3-5H,6H2,1-2H3. The average molecular weight is 189 g/mol. The quantitative estimate of drug-likeness (QED) is 0.580. The van der Waals surface area contributed by atoms with Crippen LogP contribution in [0.3, 0.4) is 0 Å². The number of rotatable bonds is 0. The lowest BCUT2D eigenvalue weighted by molar-refractivity contribution is 0.398. The Morgan fingerprint density at radius 1 is 1.50 bits per heavy atom. The maximum absolute atomic E-state index is 10.5. The van der Waals surface area contributed by atoms with Crippen LogP contribution in [0.2, 0.25) is 0 Å². The van der Waals surface area contributed by atoms with Gasteiger partial charge in [0.05, 0.1) is 12.2 Å². The molecule has 14 heavy (non-hydrogen) atoms. The van der Waals surface area contributed by atoms with Gasteiger partial charge in [0.2, 0.25) is 5.76 Å². The molecule has 3 heteroatoms. The fraction of sp³-hybridized carbons (Fsp3) is 0.273. The van der Waals surface area contributed by atoms with Crippen molar-refractivity contribution in [3.05, 3.63) is 29.5 Å². The number of anilines is 1. The molecule has 0 fully saturated rings. The zero-order valence-electron chi connectivity index (χ0n) is 8.20. The molecule has 0 saturated heterocycles. The number of fused-ring (bicyclic) bond motifs is 1. The Labute approximate surface area is 82.6 Å². The third kappa shape index (κ3) is 1.28. The lowest BCUT2D eigenvalue weighted by Crippen LogP contribution is -2.28. The Balaban J connectivity index is 2.56. The first-order chi connectivity index (χ1) is 6.72. The lowest BCUT2D eigenvalue weighted by Gasteiger charge is -2.28. The molecule has 0 amide bonds. The lowest BCUT2D eigenvalue weighted by atomic mass is 10.1. The summed E-state index contributed by atoms with van der Waals surface area (Å²) in [6.45, 7) is 2.44. The van der Waals surface area contributed by atoms with Gasteiger partial charge in [0.1, 0.15) is 0 Å². The number of hydrogen-bond donors (Lipinski definition) is 0. The first kappa shape index (κ1) is 8.85. The molecule has 1 aliphatic heterocycles. The van der Waals surface area contributed by atoms with Gasteiger partial charge in [-0.15, -0.1) is 0 Å². The SMILES string of the molecule is Cc1cccc2c1OC(=C=O)CN2C. The van der Waals surface area contributed by atoms with Gasteiger partial charge >= 0.3 is 0 Å². The summed E-state index contributed by atoms with van der Waals surface area (Å²) in [5.74, 6) is 2.91. The molecule has 72 valence electrons. The minimum atomic E-state index is 0.342. The van der Waals surface area contributed by atoms with Crippen molar-refractivity contribution in [1.82, 2.24) is 0 Å². The second kappa shape index (κ2) is 3.20. The van der Waals surface area contributed by atoms with Crippen LogP contribution in [0.25, 0.3) is 0 Å². The monoisotopic (exact) mass is 189 g/mol. The van der Waals surface area contributed by atoms with Crippen molar-refractivity contribution in [3.8, 4) is 5.75 Å². The van der Waals surface area contributed by atoms with E-state index in [0.29, 0.717) is 12.3 Å². The first-order valence-electron chi connectivity index (χ1n) is 4.45. The normalized spacial score (nSPS) is 14.4. The molecule has 0 spiro atoms. The Kier molecular flexibility index (Phi) is 2.02. The second-order valence-electron chi connectivity index (χ2n) is 3.41. The number of ether oxygens (including phenoxy) is 1. The Bertz CT molecular complexity index is 419. The van der Waals surface area contributed by atoms with Crippen molar-refractivity contribution >= 4 is 11.6 Å². The van der Waals surface area contributed by atoms with E-state index < -0.39 is 0 Å². The smallest absolute Gasteiger partial charge is 0.206 e. The van der Waals surface area contributed by atoms with E-state index in [-0.39, 0.29) is 0 Å². The van der Waals surface area contributed by atoms with Gasteiger partial charge in [0, 0.05) is 7.05 Å². The highest BCUT2D eigenvalue weighted by Crippen LogP contribution is 2.35. The van der Waals surface area contributed by atoms with Crippen molar-refractivity contribution in [2.24, 2.45) is 0 Å². The van der Waals surface area contributed by atoms with Crippen LogP contribution >= 0.6 is 0 Å². The maximum Gasteiger partial charge on any atom is 0.206 e. The van der Waals surface area contributed by atoms with Gasteiger partial charge < -0.3 is 9.64 Å². The number of likely N-dealkylation sites (N-methyl/N-ethyl adjacent to an activating group) is 1. The third-order valence-electron chi connectivity index (χ3n) is 2.32. The van der Waals surface area contributed by atoms with Crippen LogP contribution < -0.4 is 9.64 Å². The summed E-state index contributed by atoms with van der Waals surface area (Å²) in [6, 6.07) is 5.91. The minimum Gasteiger partial charge on any atom is -0.446 e. The van der Waals surface area contributed by atoms with E-state index in [0.717, 1.165) is 17.0 Å². The Morgan fingerprint density at radius 3 is 3.00 bits per heavy atom. The van der Waals surface area contributed by atoms with Crippen LogP contribution in [0.1, 0.15) is 5.56 Å². The predicted molar refractivity (Wildman–Crippen MR) is 54.3 cm³/mol.